The zero-order valence-corrected chi connectivity index (χ0v) is 20.7. The average Bonchev–Trinajstić information content (AvgIpc) is 3.56. The van der Waals surface area contributed by atoms with E-state index in [1.807, 2.05) is 19.1 Å². The van der Waals surface area contributed by atoms with Crippen LogP contribution in [0.2, 0.25) is 0 Å². The molecule has 0 bridgehead atoms. The van der Waals surface area contributed by atoms with Gasteiger partial charge < -0.3 is 25.0 Å². The summed E-state index contributed by atoms with van der Waals surface area (Å²) in [7, 11) is 0. The second-order valence-electron chi connectivity index (χ2n) is 9.15. The first-order chi connectivity index (χ1) is 17.9. The number of nitrogens with one attached hydrogen (secondary N) is 1. The van der Waals surface area contributed by atoms with Gasteiger partial charge in [0.2, 0.25) is 0 Å². The summed E-state index contributed by atoms with van der Waals surface area (Å²) in [5.74, 6) is -1.37. The number of nitrogens with zero attached hydrogens (tertiary/aromatic N) is 2. The molecule has 0 saturated carbocycles. The number of rotatable bonds is 6. The number of halogens is 1. The van der Waals surface area contributed by atoms with Gasteiger partial charge in [-0.1, -0.05) is 29.4 Å². The third-order valence-electron chi connectivity index (χ3n) is 6.72. The Morgan fingerprint density at radius 2 is 1.73 bits per heavy atom. The number of aryl methyl sites for hydroxylation is 1. The molecule has 1 aliphatic heterocycles. The second kappa shape index (κ2) is 9.97. The molecule has 0 radical (unpaired) electrons. The highest BCUT2D eigenvalue weighted by Gasteiger charge is 2.28. The zero-order chi connectivity index (χ0) is 26.1. The van der Waals surface area contributed by atoms with Crippen molar-refractivity contribution in [2.45, 2.75) is 26.7 Å². The standard InChI is InChI=1S/C29H28FN3O4/c1-3-31-29(36)27-26(19-11-10-18(14-17(19)2)33-12-6-7-13-33)28(37-32-27)22-15-21(24(34)16-25(22)35)20-8-4-5-9-23(20)30/h4-5,8-11,14-16,34-35H,3,6-7,12-13H2,1-2H3,(H,31,36). The van der Waals surface area contributed by atoms with Gasteiger partial charge in [-0.15, -0.1) is 0 Å². The number of aromatic hydroxyl groups is 2. The Morgan fingerprint density at radius 3 is 2.43 bits per heavy atom. The summed E-state index contributed by atoms with van der Waals surface area (Å²) in [6, 6.07) is 14.6. The maximum atomic E-state index is 14.6. The highest BCUT2D eigenvalue weighted by Crippen LogP contribution is 2.45. The first kappa shape index (κ1) is 24.4. The number of aromatic nitrogens is 1. The quantitative estimate of drug-likeness (QED) is 0.305. The van der Waals surface area contributed by atoms with Crippen molar-refractivity contribution in [3.63, 3.8) is 0 Å². The van der Waals surface area contributed by atoms with E-state index in [2.05, 4.69) is 21.4 Å². The molecule has 0 aliphatic carbocycles. The first-order valence-corrected chi connectivity index (χ1v) is 12.3. The first-order valence-electron chi connectivity index (χ1n) is 12.3. The summed E-state index contributed by atoms with van der Waals surface area (Å²) in [6.45, 7) is 6.16. The Hall–Kier alpha value is -4.33. The van der Waals surface area contributed by atoms with Gasteiger partial charge in [0.15, 0.2) is 11.5 Å². The lowest BCUT2D eigenvalue weighted by Crippen LogP contribution is -2.23. The molecule has 2 heterocycles. The van der Waals surface area contributed by atoms with Gasteiger partial charge in [-0.3, -0.25) is 4.79 Å². The minimum absolute atomic E-state index is 0.0776. The van der Waals surface area contributed by atoms with Gasteiger partial charge in [-0.2, -0.15) is 0 Å². The second-order valence-corrected chi connectivity index (χ2v) is 9.15. The van der Waals surface area contributed by atoms with Crippen molar-refractivity contribution in [2.24, 2.45) is 0 Å². The van der Waals surface area contributed by atoms with Gasteiger partial charge >= 0.3 is 0 Å². The topological polar surface area (TPSA) is 98.8 Å². The number of carbonyl (C=O) groups excluding carboxylic acids is 1. The van der Waals surface area contributed by atoms with Gasteiger partial charge in [-0.05, 0) is 62.1 Å². The van der Waals surface area contributed by atoms with Crippen LogP contribution in [0, 0.1) is 12.7 Å². The molecule has 1 fully saturated rings. The van der Waals surface area contributed by atoms with E-state index in [0.717, 1.165) is 48.8 Å². The molecule has 0 spiro atoms. The minimum Gasteiger partial charge on any atom is -0.507 e. The summed E-state index contributed by atoms with van der Waals surface area (Å²) in [5.41, 5.74) is 3.74. The molecule has 7 nitrogen and oxygen atoms in total. The monoisotopic (exact) mass is 501 g/mol. The Morgan fingerprint density at radius 1 is 1.00 bits per heavy atom. The lowest BCUT2D eigenvalue weighted by atomic mass is 9.93. The fraction of sp³-hybridized carbons (Fsp3) is 0.241. The summed E-state index contributed by atoms with van der Waals surface area (Å²) >= 11 is 0. The molecule has 1 aliphatic rings. The third-order valence-corrected chi connectivity index (χ3v) is 6.72. The van der Waals surface area contributed by atoms with Gasteiger partial charge in [0, 0.05) is 42.5 Å². The van der Waals surface area contributed by atoms with Gasteiger partial charge in [-0.25, -0.2) is 4.39 Å². The number of phenols is 2. The fourth-order valence-corrected chi connectivity index (χ4v) is 4.88. The van der Waals surface area contributed by atoms with E-state index in [-0.39, 0.29) is 39.6 Å². The average molecular weight is 502 g/mol. The number of carbonyl (C=O) groups is 1. The number of benzene rings is 3. The maximum absolute atomic E-state index is 14.6. The minimum atomic E-state index is -0.524. The van der Waals surface area contributed by atoms with E-state index < -0.39 is 11.7 Å². The fourth-order valence-electron chi connectivity index (χ4n) is 4.88. The summed E-state index contributed by atoms with van der Waals surface area (Å²) in [4.78, 5) is 15.3. The highest BCUT2D eigenvalue weighted by molar-refractivity contribution is 6.03. The normalized spacial score (nSPS) is 13.2. The van der Waals surface area contributed by atoms with Crippen LogP contribution in [-0.4, -0.2) is 40.9 Å². The smallest absolute Gasteiger partial charge is 0.274 e. The number of anilines is 1. The summed E-state index contributed by atoms with van der Waals surface area (Å²) in [6.07, 6.45) is 2.31. The van der Waals surface area contributed by atoms with E-state index in [9.17, 15) is 19.4 Å². The van der Waals surface area contributed by atoms with Crippen molar-refractivity contribution < 1.29 is 23.9 Å². The van der Waals surface area contributed by atoms with Crippen LogP contribution in [0.25, 0.3) is 33.6 Å². The molecule has 4 aromatic rings. The summed E-state index contributed by atoms with van der Waals surface area (Å²) in [5, 5.41) is 28.2. The van der Waals surface area contributed by atoms with Gasteiger partial charge in [0.05, 0.1) is 11.1 Å². The predicted octanol–water partition coefficient (Wildman–Crippen LogP) is 5.88. The van der Waals surface area contributed by atoms with Crippen LogP contribution in [0.15, 0.2) is 59.1 Å². The van der Waals surface area contributed by atoms with Crippen LogP contribution in [0.5, 0.6) is 11.5 Å². The van der Waals surface area contributed by atoms with Crippen molar-refractivity contribution in [2.75, 3.05) is 24.5 Å². The Bertz CT molecular complexity index is 1470. The van der Waals surface area contributed by atoms with Crippen molar-refractivity contribution in [3.8, 4) is 45.1 Å². The van der Waals surface area contributed by atoms with E-state index in [0.29, 0.717) is 12.1 Å². The van der Waals surface area contributed by atoms with Crippen LogP contribution in [0.1, 0.15) is 35.8 Å². The van der Waals surface area contributed by atoms with E-state index in [4.69, 9.17) is 4.52 Å². The van der Waals surface area contributed by atoms with Gasteiger partial charge in [0.1, 0.15) is 17.3 Å². The number of hydrogen-bond donors (Lipinski definition) is 3. The van der Waals surface area contributed by atoms with Crippen molar-refractivity contribution in [1.29, 1.82) is 0 Å². The molecule has 3 aromatic carbocycles. The molecule has 1 amide bonds. The molecular weight excluding hydrogens is 473 g/mol. The van der Waals surface area contributed by atoms with Crippen molar-refractivity contribution >= 4 is 11.6 Å². The van der Waals surface area contributed by atoms with Crippen LogP contribution >= 0.6 is 0 Å². The highest BCUT2D eigenvalue weighted by atomic mass is 19.1. The van der Waals surface area contributed by atoms with Crippen LogP contribution < -0.4 is 10.2 Å². The predicted molar refractivity (Wildman–Crippen MR) is 140 cm³/mol. The Labute approximate surface area is 214 Å². The molecule has 3 N–H and O–H groups in total. The Kier molecular flexibility index (Phi) is 6.56. The van der Waals surface area contributed by atoms with Crippen LogP contribution in [0.4, 0.5) is 10.1 Å². The lowest BCUT2D eigenvalue weighted by molar-refractivity contribution is 0.0947. The molecule has 190 valence electrons. The third kappa shape index (κ3) is 4.50. The zero-order valence-electron chi connectivity index (χ0n) is 20.7. The van der Waals surface area contributed by atoms with Gasteiger partial charge in [0.25, 0.3) is 5.91 Å². The largest absolute Gasteiger partial charge is 0.507 e. The maximum Gasteiger partial charge on any atom is 0.274 e. The lowest BCUT2D eigenvalue weighted by Gasteiger charge is -2.19. The molecule has 37 heavy (non-hydrogen) atoms. The molecular formula is C29H28FN3O4. The molecule has 8 heteroatoms. The number of amides is 1. The van der Waals surface area contributed by atoms with E-state index in [1.165, 1.54) is 18.2 Å². The SMILES string of the molecule is CCNC(=O)c1noc(-c2cc(-c3ccccc3F)c(O)cc2O)c1-c1ccc(N2CCCC2)cc1C. The molecule has 5 rings (SSSR count). The van der Waals surface area contributed by atoms with E-state index >= 15 is 0 Å². The van der Waals surface area contributed by atoms with Crippen molar-refractivity contribution in [1.82, 2.24) is 10.5 Å². The molecule has 1 aromatic heterocycles. The molecule has 1 saturated heterocycles. The number of phenolic OH excluding ortho intramolecular Hbond substituents is 2. The summed E-state index contributed by atoms with van der Waals surface area (Å²) < 4.78 is 20.3. The van der Waals surface area contributed by atoms with Crippen LogP contribution in [-0.2, 0) is 0 Å². The van der Waals surface area contributed by atoms with E-state index in [1.54, 1.807) is 19.1 Å². The van der Waals surface area contributed by atoms with Crippen molar-refractivity contribution in [3.05, 3.63) is 71.7 Å². The molecule has 0 unspecified atom stereocenters. The van der Waals surface area contributed by atoms with Crippen LogP contribution in [0.3, 0.4) is 0 Å². The Balaban J connectivity index is 1.70. The number of hydrogen-bond acceptors (Lipinski definition) is 6. The molecule has 0 atom stereocenters.